The largest absolute Gasteiger partial charge is 0.507 e. The van der Waals surface area contributed by atoms with Gasteiger partial charge in [-0.15, -0.1) is 0 Å². The maximum Gasteiger partial charge on any atom is 0.133 e. The minimum Gasteiger partial charge on any atom is -0.507 e. The molecule has 1 rings (SSSR count). The quantitative estimate of drug-likeness (QED) is 0.759. The van der Waals surface area contributed by atoms with Gasteiger partial charge >= 0.3 is 0 Å². The van der Waals surface area contributed by atoms with Crippen molar-refractivity contribution in [2.24, 2.45) is 0 Å². The van der Waals surface area contributed by atoms with E-state index in [0.717, 1.165) is 0 Å². The van der Waals surface area contributed by atoms with Crippen LogP contribution >= 0.6 is 0 Å². The number of benzene rings is 1. The molecule has 0 aromatic heterocycles. The Balaban J connectivity index is 3.39. The summed E-state index contributed by atoms with van der Waals surface area (Å²) < 4.78 is 4.98. The minimum absolute atomic E-state index is 0.0421. The Labute approximate surface area is 81.6 Å². The molecule has 0 atom stereocenters. The standard InChI is InChI=1S/C10H8N2O2/c1-14-10-3-2-9(13)8(6-12)7(10)4-5-11/h2-3,13H,4H2,1H3. The Hall–Kier alpha value is -2.20. The molecule has 0 bridgehead atoms. The Bertz CT molecular complexity index is 427. The smallest absolute Gasteiger partial charge is 0.133 e. The molecule has 0 aliphatic carbocycles. The predicted molar refractivity (Wildman–Crippen MR) is 48.7 cm³/mol. The molecule has 14 heavy (non-hydrogen) atoms. The first-order valence-corrected chi connectivity index (χ1v) is 3.90. The maximum absolute atomic E-state index is 9.35. The molecule has 0 aliphatic heterocycles. The minimum atomic E-state index is -0.126. The van der Waals surface area contributed by atoms with Gasteiger partial charge in [-0.25, -0.2) is 0 Å². The average molecular weight is 188 g/mol. The molecule has 0 spiro atoms. The summed E-state index contributed by atoms with van der Waals surface area (Å²) in [6, 6.07) is 6.66. The third-order valence-electron chi connectivity index (χ3n) is 1.84. The van der Waals surface area contributed by atoms with Crippen LogP contribution in [-0.4, -0.2) is 12.2 Å². The number of phenolic OH excluding ortho intramolecular Hbond substituents is 1. The molecule has 70 valence electrons. The fourth-order valence-electron chi connectivity index (χ4n) is 1.19. The van der Waals surface area contributed by atoms with Crippen molar-refractivity contribution in [3.8, 4) is 23.6 Å². The summed E-state index contributed by atoms with van der Waals surface area (Å²) in [5, 5.41) is 26.7. The summed E-state index contributed by atoms with van der Waals surface area (Å²) in [4.78, 5) is 0. The normalized spacial score (nSPS) is 8.79. The zero-order chi connectivity index (χ0) is 10.6. The van der Waals surface area contributed by atoms with Gasteiger partial charge in [0.05, 0.1) is 19.6 Å². The molecule has 0 fully saturated rings. The zero-order valence-electron chi connectivity index (χ0n) is 7.61. The van der Waals surface area contributed by atoms with Gasteiger partial charge in [-0.2, -0.15) is 10.5 Å². The summed E-state index contributed by atoms with van der Waals surface area (Å²) in [5.74, 6) is 0.319. The van der Waals surface area contributed by atoms with E-state index in [1.165, 1.54) is 19.2 Å². The number of hydrogen-bond acceptors (Lipinski definition) is 4. The van der Waals surface area contributed by atoms with Crippen LogP contribution in [0.15, 0.2) is 12.1 Å². The van der Waals surface area contributed by atoms with Crippen molar-refractivity contribution in [2.75, 3.05) is 7.11 Å². The third kappa shape index (κ3) is 1.60. The van der Waals surface area contributed by atoms with Crippen LogP contribution in [0, 0.1) is 22.7 Å². The van der Waals surface area contributed by atoms with E-state index in [-0.39, 0.29) is 17.7 Å². The summed E-state index contributed by atoms with van der Waals surface area (Å²) in [5.41, 5.74) is 0.531. The van der Waals surface area contributed by atoms with Crippen molar-refractivity contribution in [1.82, 2.24) is 0 Å². The van der Waals surface area contributed by atoms with Gasteiger partial charge in [0, 0.05) is 5.56 Å². The Morgan fingerprint density at radius 3 is 2.64 bits per heavy atom. The number of nitrogens with zero attached hydrogens (tertiary/aromatic N) is 2. The zero-order valence-corrected chi connectivity index (χ0v) is 7.61. The van der Waals surface area contributed by atoms with E-state index < -0.39 is 0 Å². The SMILES string of the molecule is COc1ccc(O)c(C#N)c1CC#N. The first-order chi connectivity index (χ1) is 6.74. The van der Waals surface area contributed by atoms with Gasteiger partial charge in [-0.3, -0.25) is 0 Å². The second-order valence-corrected chi connectivity index (χ2v) is 2.59. The molecule has 0 saturated heterocycles. The van der Waals surface area contributed by atoms with Crippen LogP contribution < -0.4 is 4.74 Å². The lowest BCUT2D eigenvalue weighted by Crippen LogP contribution is -1.95. The fraction of sp³-hybridized carbons (Fsp3) is 0.200. The van der Waals surface area contributed by atoms with Crippen molar-refractivity contribution in [2.45, 2.75) is 6.42 Å². The van der Waals surface area contributed by atoms with Crippen LogP contribution in [-0.2, 0) is 6.42 Å². The molecular formula is C10H8N2O2. The van der Waals surface area contributed by atoms with Gasteiger partial charge in [0.25, 0.3) is 0 Å². The number of ether oxygens (including phenoxy) is 1. The van der Waals surface area contributed by atoms with E-state index in [9.17, 15) is 5.11 Å². The Kier molecular flexibility index (Phi) is 2.93. The van der Waals surface area contributed by atoms with Crippen LogP contribution in [0.2, 0.25) is 0 Å². The predicted octanol–water partition coefficient (Wildman–Crippen LogP) is 1.34. The van der Waals surface area contributed by atoms with Gasteiger partial charge < -0.3 is 9.84 Å². The molecule has 0 saturated carbocycles. The first-order valence-electron chi connectivity index (χ1n) is 3.90. The summed E-state index contributed by atoms with van der Waals surface area (Å²) in [6.45, 7) is 0. The van der Waals surface area contributed by atoms with Crippen molar-refractivity contribution < 1.29 is 9.84 Å². The van der Waals surface area contributed by atoms with E-state index in [1.807, 2.05) is 12.1 Å². The van der Waals surface area contributed by atoms with E-state index in [1.54, 1.807) is 0 Å². The molecule has 0 radical (unpaired) electrons. The molecule has 1 aromatic carbocycles. The molecular weight excluding hydrogens is 180 g/mol. The van der Waals surface area contributed by atoms with Crippen molar-refractivity contribution >= 4 is 0 Å². The maximum atomic E-state index is 9.35. The summed E-state index contributed by atoms with van der Waals surface area (Å²) in [7, 11) is 1.45. The first kappa shape index (κ1) is 9.88. The Morgan fingerprint density at radius 2 is 2.14 bits per heavy atom. The van der Waals surface area contributed by atoms with Crippen molar-refractivity contribution in [3.63, 3.8) is 0 Å². The monoisotopic (exact) mass is 188 g/mol. The second kappa shape index (κ2) is 4.15. The highest BCUT2D eigenvalue weighted by atomic mass is 16.5. The van der Waals surface area contributed by atoms with Crippen LogP contribution in [0.1, 0.15) is 11.1 Å². The summed E-state index contributed by atoms with van der Waals surface area (Å²) in [6.07, 6.45) is 0.0421. The van der Waals surface area contributed by atoms with Crippen LogP contribution in [0.25, 0.3) is 0 Å². The number of rotatable bonds is 2. The average Bonchev–Trinajstić information content (AvgIpc) is 2.19. The highest BCUT2D eigenvalue weighted by molar-refractivity contribution is 5.55. The van der Waals surface area contributed by atoms with Gasteiger partial charge in [0.15, 0.2) is 0 Å². The Morgan fingerprint density at radius 1 is 1.43 bits per heavy atom. The van der Waals surface area contributed by atoms with Crippen LogP contribution in [0.4, 0.5) is 0 Å². The lowest BCUT2D eigenvalue weighted by atomic mass is 10.0. The van der Waals surface area contributed by atoms with Crippen molar-refractivity contribution in [3.05, 3.63) is 23.3 Å². The van der Waals surface area contributed by atoms with Crippen LogP contribution in [0.5, 0.6) is 11.5 Å². The third-order valence-corrected chi connectivity index (χ3v) is 1.84. The molecule has 0 aliphatic rings. The highest BCUT2D eigenvalue weighted by Gasteiger charge is 2.12. The molecule has 1 aromatic rings. The molecule has 4 nitrogen and oxygen atoms in total. The van der Waals surface area contributed by atoms with Crippen molar-refractivity contribution in [1.29, 1.82) is 10.5 Å². The van der Waals surface area contributed by atoms with E-state index in [0.29, 0.717) is 11.3 Å². The summed E-state index contributed by atoms with van der Waals surface area (Å²) >= 11 is 0. The number of hydrogen-bond donors (Lipinski definition) is 1. The van der Waals surface area contributed by atoms with Crippen LogP contribution in [0.3, 0.4) is 0 Å². The number of aromatic hydroxyl groups is 1. The van der Waals surface area contributed by atoms with Gasteiger partial charge in [0.2, 0.25) is 0 Å². The molecule has 0 amide bonds. The lowest BCUT2D eigenvalue weighted by Gasteiger charge is -2.07. The highest BCUT2D eigenvalue weighted by Crippen LogP contribution is 2.29. The molecule has 0 heterocycles. The molecule has 4 heteroatoms. The fourth-order valence-corrected chi connectivity index (χ4v) is 1.19. The topological polar surface area (TPSA) is 77.0 Å². The molecule has 1 N–H and O–H groups in total. The van der Waals surface area contributed by atoms with E-state index in [4.69, 9.17) is 15.3 Å². The number of nitriles is 2. The van der Waals surface area contributed by atoms with Gasteiger partial charge in [-0.1, -0.05) is 0 Å². The van der Waals surface area contributed by atoms with E-state index in [2.05, 4.69) is 0 Å². The van der Waals surface area contributed by atoms with Gasteiger partial charge in [-0.05, 0) is 12.1 Å². The van der Waals surface area contributed by atoms with E-state index >= 15 is 0 Å². The number of methoxy groups -OCH3 is 1. The molecule has 0 unspecified atom stereocenters. The van der Waals surface area contributed by atoms with Gasteiger partial charge in [0.1, 0.15) is 23.1 Å². The lowest BCUT2D eigenvalue weighted by molar-refractivity contribution is 0.407. The number of phenols is 1. The second-order valence-electron chi connectivity index (χ2n) is 2.59.